The zero-order valence-corrected chi connectivity index (χ0v) is 14.8. The van der Waals surface area contributed by atoms with E-state index in [1.807, 2.05) is 4.68 Å². The first-order chi connectivity index (χ1) is 12.9. The van der Waals surface area contributed by atoms with Crippen LogP contribution < -0.4 is 10.6 Å². The second-order valence-corrected chi connectivity index (χ2v) is 7.24. The van der Waals surface area contributed by atoms with E-state index >= 15 is 0 Å². The van der Waals surface area contributed by atoms with Gasteiger partial charge in [0.15, 0.2) is 0 Å². The molecule has 1 aromatic heterocycles. The molecule has 2 N–H and O–H groups in total. The van der Waals surface area contributed by atoms with Gasteiger partial charge in [-0.1, -0.05) is 24.3 Å². The van der Waals surface area contributed by atoms with Crippen molar-refractivity contribution in [3.63, 3.8) is 0 Å². The van der Waals surface area contributed by atoms with Gasteiger partial charge in [0.25, 0.3) is 0 Å². The Morgan fingerprint density at radius 3 is 2.81 bits per heavy atom. The molecule has 1 aliphatic carbocycles. The minimum absolute atomic E-state index is 0.722. The molecule has 1 fully saturated rings. The first kappa shape index (κ1) is 15.4. The number of anilines is 3. The highest BCUT2D eigenvalue weighted by Gasteiger charge is 2.27. The van der Waals surface area contributed by atoms with Gasteiger partial charge in [0, 0.05) is 23.6 Å². The van der Waals surface area contributed by atoms with Crippen LogP contribution in [-0.2, 0) is 19.4 Å². The van der Waals surface area contributed by atoms with Gasteiger partial charge < -0.3 is 10.6 Å². The van der Waals surface area contributed by atoms with E-state index in [2.05, 4.69) is 57.1 Å². The van der Waals surface area contributed by atoms with Crippen LogP contribution in [0.3, 0.4) is 0 Å². The van der Waals surface area contributed by atoms with Gasteiger partial charge in [0.1, 0.15) is 12.7 Å². The van der Waals surface area contributed by atoms with Gasteiger partial charge in [-0.05, 0) is 60.4 Å². The van der Waals surface area contributed by atoms with Gasteiger partial charge in [0.05, 0.1) is 6.54 Å². The van der Waals surface area contributed by atoms with E-state index < -0.39 is 0 Å². The van der Waals surface area contributed by atoms with Crippen molar-refractivity contribution in [1.82, 2.24) is 14.8 Å². The summed E-state index contributed by atoms with van der Waals surface area (Å²) in [4.78, 5) is 4.01. The number of nitrogens with zero attached hydrogens (tertiary/aromatic N) is 3. The number of nitrogens with one attached hydrogen (secondary N) is 2. The number of fused-ring (bicyclic) bond motifs is 2. The number of benzene rings is 2. The Morgan fingerprint density at radius 1 is 1.08 bits per heavy atom. The molecule has 0 radical (unpaired) electrons. The molecule has 26 heavy (non-hydrogen) atoms. The van der Waals surface area contributed by atoms with Crippen LogP contribution >= 0.6 is 0 Å². The molecule has 5 rings (SSSR count). The van der Waals surface area contributed by atoms with Crippen LogP contribution in [0.25, 0.3) is 0 Å². The third-order valence-corrected chi connectivity index (χ3v) is 5.37. The molecule has 0 atom stereocenters. The lowest BCUT2D eigenvalue weighted by Gasteiger charge is -2.17. The van der Waals surface area contributed by atoms with Crippen LogP contribution in [0.5, 0.6) is 0 Å². The molecule has 1 aliphatic heterocycles. The van der Waals surface area contributed by atoms with Crippen LogP contribution in [0.4, 0.5) is 17.1 Å². The summed E-state index contributed by atoms with van der Waals surface area (Å²) in [5.74, 6) is 0.722. The number of rotatable bonds is 5. The molecule has 1 saturated carbocycles. The van der Waals surface area contributed by atoms with Crippen LogP contribution in [-0.4, -0.2) is 21.3 Å². The molecule has 2 aromatic carbocycles. The predicted molar refractivity (Wildman–Crippen MR) is 104 cm³/mol. The molecule has 0 amide bonds. The van der Waals surface area contributed by atoms with E-state index in [0.29, 0.717) is 0 Å². The van der Waals surface area contributed by atoms with Gasteiger partial charge in [-0.3, -0.25) is 4.68 Å². The number of aromatic nitrogens is 3. The Balaban J connectivity index is 1.42. The van der Waals surface area contributed by atoms with E-state index in [0.717, 1.165) is 31.8 Å². The zero-order valence-electron chi connectivity index (χ0n) is 14.8. The maximum atomic E-state index is 4.18. The summed E-state index contributed by atoms with van der Waals surface area (Å²) in [6.07, 6.45) is 8.16. The molecule has 0 spiro atoms. The topological polar surface area (TPSA) is 54.8 Å². The zero-order chi connectivity index (χ0) is 17.3. The van der Waals surface area contributed by atoms with Crippen LogP contribution in [0.2, 0.25) is 0 Å². The van der Waals surface area contributed by atoms with Crippen molar-refractivity contribution >= 4 is 17.1 Å². The quantitative estimate of drug-likeness (QED) is 0.731. The minimum Gasteiger partial charge on any atom is -0.383 e. The van der Waals surface area contributed by atoms with Crippen molar-refractivity contribution in [2.45, 2.75) is 38.1 Å². The second kappa shape index (κ2) is 6.48. The van der Waals surface area contributed by atoms with Gasteiger partial charge in [-0.25, -0.2) is 4.98 Å². The smallest absolute Gasteiger partial charge is 0.137 e. The molecule has 5 nitrogen and oxygen atoms in total. The molecule has 2 aliphatic rings. The first-order valence-corrected chi connectivity index (χ1v) is 9.45. The fourth-order valence-corrected chi connectivity index (χ4v) is 3.80. The lowest BCUT2D eigenvalue weighted by atomic mass is 9.99. The predicted octanol–water partition coefficient (Wildman–Crippen LogP) is 4.11. The molecular formula is C21H23N5. The maximum Gasteiger partial charge on any atom is 0.137 e. The average molecular weight is 345 g/mol. The van der Waals surface area contributed by atoms with Crippen molar-refractivity contribution in [3.05, 3.63) is 65.7 Å². The van der Waals surface area contributed by atoms with Crippen molar-refractivity contribution < 1.29 is 0 Å². The Kier molecular flexibility index (Phi) is 3.85. The van der Waals surface area contributed by atoms with Gasteiger partial charge in [-0.2, -0.15) is 5.10 Å². The van der Waals surface area contributed by atoms with Crippen molar-refractivity contribution in [1.29, 1.82) is 0 Å². The van der Waals surface area contributed by atoms with Crippen molar-refractivity contribution in [3.8, 4) is 0 Å². The molecule has 0 unspecified atom stereocenters. The average Bonchev–Trinajstić information content (AvgIpc) is 3.41. The second-order valence-electron chi connectivity index (χ2n) is 7.24. The van der Waals surface area contributed by atoms with Gasteiger partial charge in [0.2, 0.25) is 0 Å². The highest BCUT2D eigenvalue weighted by Crippen LogP contribution is 2.46. The molecule has 3 aromatic rings. The van der Waals surface area contributed by atoms with E-state index in [-0.39, 0.29) is 0 Å². The van der Waals surface area contributed by atoms with Gasteiger partial charge >= 0.3 is 0 Å². The summed E-state index contributed by atoms with van der Waals surface area (Å²) in [6, 6.07) is 13.4. The standard InChI is InChI=1S/C21H23N5/c1-2-4-19-16(3-1)7-8-17-11-18(15-5-6-15)21(12-20(17)25-19)23-9-10-26-14-22-13-24-26/h1-4,11-15,23,25H,5-10H2. The maximum absolute atomic E-state index is 4.18. The van der Waals surface area contributed by atoms with Crippen molar-refractivity contribution in [2.75, 3.05) is 17.2 Å². The number of para-hydroxylation sites is 1. The summed E-state index contributed by atoms with van der Waals surface area (Å²) in [6.45, 7) is 1.66. The van der Waals surface area contributed by atoms with E-state index in [1.165, 1.54) is 46.6 Å². The Bertz CT molecular complexity index is 912. The number of hydrogen-bond acceptors (Lipinski definition) is 4. The first-order valence-electron chi connectivity index (χ1n) is 9.45. The SMILES string of the molecule is c1ccc2c(c1)CCc1cc(C3CC3)c(NCCn3cncn3)cc1N2. The van der Waals surface area contributed by atoms with Crippen molar-refractivity contribution in [2.24, 2.45) is 0 Å². The number of hydrogen-bond donors (Lipinski definition) is 2. The summed E-state index contributed by atoms with van der Waals surface area (Å²) < 4.78 is 1.86. The van der Waals surface area contributed by atoms with Crippen LogP contribution in [0.1, 0.15) is 35.4 Å². The van der Waals surface area contributed by atoms with Crippen LogP contribution in [0, 0.1) is 0 Å². The lowest BCUT2D eigenvalue weighted by molar-refractivity contribution is 0.636. The lowest BCUT2D eigenvalue weighted by Crippen LogP contribution is -2.12. The third kappa shape index (κ3) is 3.05. The summed E-state index contributed by atoms with van der Waals surface area (Å²) in [5, 5.41) is 11.5. The monoisotopic (exact) mass is 345 g/mol. The molecule has 0 saturated heterocycles. The fraction of sp³-hybridized carbons (Fsp3) is 0.333. The van der Waals surface area contributed by atoms with Crippen LogP contribution in [0.15, 0.2) is 49.1 Å². The molecule has 0 bridgehead atoms. The molecular weight excluding hydrogens is 322 g/mol. The molecule has 5 heteroatoms. The summed E-state index contributed by atoms with van der Waals surface area (Å²) in [7, 11) is 0. The van der Waals surface area contributed by atoms with Gasteiger partial charge in [-0.15, -0.1) is 0 Å². The summed E-state index contributed by atoms with van der Waals surface area (Å²) in [5.41, 5.74) is 8.05. The van der Waals surface area contributed by atoms with E-state index in [9.17, 15) is 0 Å². The fourth-order valence-electron chi connectivity index (χ4n) is 3.80. The Morgan fingerprint density at radius 2 is 1.96 bits per heavy atom. The largest absolute Gasteiger partial charge is 0.383 e. The highest BCUT2D eigenvalue weighted by atomic mass is 15.3. The Hall–Kier alpha value is -2.82. The minimum atomic E-state index is 0.722. The molecule has 2 heterocycles. The summed E-state index contributed by atoms with van der Waals surface area (Å²) >= 11 is 0. The third-order valence-electron chi connectivity index (χ3n) is 5.37. The Labute approximate surface area is 153 Å². The normalized spacial score (nSPS) is 15.5. The highest BCUT2D eigenvalue weighted by molar-refractivity contribution is 5.74. The number of aryl methyl sites for hydroxylation is 2. The molecule has 132 valence electrons. The van der Waals surface area contributed by atoms with E-state index in [1.54, 1.807) is 12.7 Å². The van der Waals surface area contributed by atoms with E-state index in [4.69, 9.17) is 0 Å².